The van der Waals surface area contributed by atoms with Crippen molar-refractivity contribution in [3.63, 3.8) is 0 Å². The molecule has 7 heteroatoms. The third-order valence-electron chi connectivity index (χ3n) is 1.81. The van der Waals surface area contributed by atoms with E-state index in [1.54, 1.807) is 0 Å². The normalized spacial score (nSPS) is 9.90. The molecule has 0 aromatic rings. The Morgan fingerprint density at radius 3 is 1.60 bits per heavy atom. The summed E-state index contributed by atoms with van der Waals surface area (Å²) in [5, 5.41) is 15.5. The van der Waals surface area contributed by atoms with Gasteiger partial charge in [0.15, 0.2) is 0 Å². The molecule has 0 unspecified atom stereocenters. The highest BCUT2D eigenvalue weighted by Gasteiger charge is 2.14. The molecule has 0 aromatic heterocycles. The van der Waals surface area contributed by atoms with Crippen LogP contribution in [0.15, 0.2) is 0 Å². The van der Waals surface area contributed by atoms with Crippen LogP contribution in [0.25, 0.3) is 0 Å². The molecule has 0 radical (unpaired) electrons. The van der Waals surface area contributed by atoms with Crippen molar-refractivity contribution >= 4 is 5.90 Å². The minimum Gasteiger partial charge on any atom is -0.481 e. The Balaban J connectivity index is 0. The fourth-order valence-electron chi connectivity index (χ4n) is 1.02. The van der Waals surface area contributed by atoms with Gasteiger partial charge in [-0.2, -0.15) is 5.26 Å². The molecule has 20 heavy (non-hydrogen) atoms. The van der Waals surface area contributed by atoms with E-state index < -0.39 is 12.6 Å². The van der Waals surface area contributed by atoms with E-state index in [9.17, 15) is 0 Å². The Morgan fingerprint density at radius 1 is 0.950 bits per heavy atom. The van der Waals surface area contributed by atoms with Gasteiger partial charge in [0.25, 0.3) is 0 Å². The molecule has 1 N–H and O–H groups in total. The van der Waals surface area contributed by atoms with Gasteiger partial charge in [-0.25, -0.2) is 0 Å². The number of methoxy groups -OCH3 is 1. The molecule has 0 saturated carbocycles. The summed E-state index contributed by atoms with van der Waals surface area (Å²) < 4.78 is 24.5. The van der Waals surface area contributed by atoms with Crippen molar-refractivity contribution in [1.82, 2.24) is 0 Å². The molecule has 0 aliphatic heterocycles. The van der Waals surface area contributed by atoms with Crippen LogP contribution < -0.4 is 0 Å². The summed E-state index contributed by atoms with van der Waals surface area (Å²) in [7, 11) is 1.42. The lowest BCUT2D eigenvalue weighted by Gasteiger charge is -2.15. The summed E-state index contributed by atoms with van der Waals surface area (Å²) in [6.45, 7) is 9.37. The largest absolute Gasteiger partial charge is 0.481 e. The first-order chi connectivity index (χ1) is 9.60. The third-order valence-corrected chi connectivity index (χ3v) is 1.81. The quantitative estimate of drug-likeness (QED) is 0.396. The van der Waals surface area contributed by atoms with Gasteiger partial charge in [-0.3, -0.25) is 5.41 Å². The second-order valence-electron chi connectivity index (χ2n) is 3.18. The summed E-state index contributed by atoms with van der Waals surface area (Å²) in [4.78, 5) is 0. The molecule has 0 aromatic carbocycles. The Bertz CT molecular complexity index is 256. The second kappa shape index (κ2) is 15.9. The van der Waals surface area contributed by atoms with Gasteiger partial charge in [-0.05, 0) is 27.7 Å². The van der Waals surface area contributed by atoms with Crippen molar-refractivity contribution in [2.24, 2.45) is 0 Å². The number of ether oxygens (including phenoxy) is 5. The molecule has 7 nitrogen and oxygen atoms in total. The average Bonchev–Trinajstić information content (AvgIpc) is 2.46. The van der Waals surface area contributed by atoms with E-state index in [0.717, 1.165) is 0 Å². The molecule has 0 amide bonds. The van der Waals surface area contributed by atoms with Crippen LogP contribution in [0.2, 0.25) is 0 Å². The van der Waals surface area contributed by atoms with Crippen LogP contribution in [0.5, 0.6) is 0 Å². The Morgan fingerprint density at radius 2 is 1.35 bits per heavy atom. The number of nitrogens with one attached hydrogen (secondary N) is 1. The smallest absolute Gasteiger partial charge is 0.248 e. The summed E-state index contributed by atoms with van der Waals surface area (Å²) in [5.74, 6) is 0.00806. The summed E-state index contributed by atoms with van der Waals surface area (Å²) in [6.07, 6.45) is -1.32. The maximum Gasteiger partial charge on any atom is 0.248 e. The van der Waals surface area contributed by atoms with Crippen molar-refractivity contribution < 1.29 is 23.7 Å². The molecule has 0 spiro atoms. The highest BCUT2D eigenvalue weighted by Crippen LogP contribution is 1.97. The van der Waals surface area contributed by atoms with Gasteiger partial charge in [0.05, 0.1) is 7.11 Å². The highest BCUT2D eigenvalue weighted by molar-refractivity contribution is 5.76. The van der Waals surface area contributed by atoms with Crippen molar-refractivity contribution in [3.8, 4) is 6.07 Å². The van der Waals surface area contributed by atoms with E-state index in [-0.39, 0.29) is 5.90 Å². The van der Waals surface area contributed by atoms with Crippen molar-refractivity contribution in [1.29, 1.82) is 10.7 Å². The molecule has 0 saturated heterocycles. The second-order valence-corrected chi connectivity index (χ2v) is 3.18. The molecule has 0 rings (SSSR count). The molecule has 0 heterocycles. The van der Waals surface area contributed by atoms with Crippen LogP contribution in [0, 0.1) is 16.7 Å². The van der Waals surface area contributed by atoms with E-state index in [4.69, 9.17) is 29.6 Å². The Labute approximate surface area is 121 Å². The molecule has 0 bridgehead atoms. The maximum absolute atomic E-state index is 8.29. The minimum absolute atomic E-state index is 0.00806. The van der Waals surface area contributed by atoms with Gasteiger partial charge < -0.3 is 23.7 Å². The molecule has 118 valence electrons. The number of hydrogen-bond donors (Lipinski definition) is 1. The summed E-state index contributed by atoms with van der Waals surface area (Å²) in [6, 6.07) is 1.86. The van der Waals surface area contributed by atoms with Gasteiger partial charge in [-0.15, -0.1) is 0 Å². The first kappa shape index (κ1) is 21.1. The van der Waals surface area contributed by atoms with Gasteiger partial charge in [0, 0.05) is 26.4 Å². The fraction of sp³-hybridized carbons (Fsp3) is 0.846. The Hall–Kier alpha value is -1.20. The summed E-state index contributed by atoms with van der Waals surface area (Å²) in [5.41, 5.74) is 0. The number of nitrogens with zero attached hydrogens (tertiary/aromatic N) is 1. The number of hydrogen-bond acceptors (Lipinski definition) is 7. The standard InChI is InChI=1S/C7H15NO3.C6H11NO2/c1-4-10-7(11-5-2)6(8)9-3;1-3-8-6(5-7)9-4-2/h7-8H,4-5H2,1-3H3;6H,3-4H2,1-2H3. The highest BCUT2D eigenvalue weighted by atomic mass is 16.7. The van der Waals surface area contributed by atoms with Gasteiger partial charge in [0.1, 0.15) is 6.07 Å². The first-order valence-electron chi connectivity index (χ1n) is 6.59. The van der Waals surface area contributed by atoms with Crippen LogP contribution >= 0.6 is 0 Å². The van der Waals surface area contributed by atoms with Crippen LogP contribution in [0.1, 0.15) is 27.7 Å². The van der Waals surface area contributed by atoms with Crippen LogP contribution in [-0.4, -0.2) is 52.0 Å². The minimum atomic E-state index is -0.681. The van der Waals surface area contributed by atoms with Gasteiger partial charge >= 0.3 is 0 Å². The molecule has 0 atom stereocenters. The van der Waals surface area contributed by atoms with Crippen LogP contribution in [-0.2, 0) is 23.7 Å². The van der Waals surface area contributed by atoms with Gasteiger partial charge in [-0.1, -0.05) is 0 Å². The SMILES string of the molecule is CCOC(C#N)OCC.CCOC(OCC)C(=N)OC. The van der Waals surface area contributed by atoms with E-state index in [1.807, 2.05) is 33.8 Å². The van der Waals surface area contributed by atoms with Crippen LogP contribution in [0.4, 0.5) is 0 Å². The monoisotopic (exact) mass is 290 g/mol. The molecular weight excluding hydrogens is 264 g/mol. The Kier molecular flexibility index (Phi) is 16.7. The lowest BCUT2D eigenvalue weighted by molar-refractivity contribution is -0.101. The lowest BCUT2D eigenvalue weighted by atomic mass is 10.6. The predicted molar refractivity (Wildman–Crippen MR) is 74.4 cm³/mol. The zero-order chi connectivity index (χ0) is 15.8. The van der Waals surface area contributed by atoms with Crippen molar-refractivity contribution in [2.75, 3.05) is 33.5 Å². The van der Waals surface area contributed by atoms with Crippen molar-refractivity contribution in [2.45, 2.75) is 40.3 Å². The predicted octanol–water partition coefficient (Wildman–Crippen LogP) is 1.92. The molecule has 0 aliphatic carbocycles. The van der Waals surface area contributed by atoms with E-state index in [1.165, 1.54) is 7.11 Å². The lowest BCUT2D eigenvalue weighted by Crippen LogP contribution is -2.28. The fourth-order valence-corrected chi connectivity index (χ4v) is 1.02. The third kappa shape index (κ3) is 11.9. The number of rotatable bonds is 9. The summed E-state index contributed by atoms with van der Waals surface area (Å²) >= 11 is 0. The van der Waals surface area contributed by atoms with E-state index >= 15 is 0 Å². The van der Waals surface area contributed by atoms with Crippen molar-refractivity contribution in [3.05, 3.63) is 0 Å². The first-order valence-corrected chi connectivity index (χ1v) is 6.59. The zero-order valence-electron chi connectivity index (χ0n) is 13.0. The topological polar surface area (TPSA) is 93.8 Å². The van der Waals surface area contributed by atoms with Crippen LogP contribution in [0.3, 0.4) is 0 Å². The average molecular weight is 290 g/mol. The van der Waals surface area contributed by atoms with E-state index in [0.29, 0.717) is 26.4 Å². The zero-order valence-corrected chi connectivity index (χ0v) is 13.0. The molecule has 0 fully saturated rings. The van der Waals surface area contributed by atoms with Gasteiger partial charge in [0.2, 0.25) is 18.5 Å². The number of nitriles is 1. The molecular formula is C13H26N2O5. The maximum atomic E-state index is 8.29. The van der Waals surface area contributed by atoms with E-state index in [2.05, 4.69) is 4.74 Å². The molecule has 0 aliphatic rings.